The third-order valence-corrected chi connectivity index (χ3v) is 3.58. The molecule has 1 aliphatic rings. The first-order chi connectivity index (χ1) is 9.43. The van der Waals surface area contributed by atoms with Gasteiger partial charge in [-0.15, -0.1) is 0 Å². The quantitative estimate of drug-likeness (QED) is 0.793. The summed E-state index contributed by atoms with van der Waals surface area (Å²) in [4.78, 5) is 25.4. The summed E-state index contributed by atoms with van der Waals surface area (Å²) in [5.74, 6) is -0.824. The number of hydrogen-bond donors (Lipinski definition) is 0. The minimum Gasteiger partial charge on any atom is -0.281 e. The first-order valence-corrected chi connectivity index (χ1v) is 6.71. The van der Waals surface area contributed by atoms with Gasteiger partial charge in [-0.25, -0.2) is 0 Å². The summed E-state index contributed by atoms with van der Waals surface area (Å²) in [6, 6.07) is 11.4. The zero-order valence-electron chi connectivity index (χ0n) is 11.8. The molecule has 0 aromatic heterocycles. The van der Waals surface area contributed by atoms with Crippen LogP contribution >= 0.6 is 0 Å². The van der Waals surface area contributed by atoms with Crippen molar-refractivity contribution in [3.05, 3.63) is 35.9 Å². The van der Waals surface area contributed by atoms with E-state index in [1.165, 1.54) is 4.90 Å². The van der Waals surface area contributed by atoms with E-state index in [2.05, 4.69) is 6.07 Å². The van der Waals surface area contributed by atoms with Crippen molar-refractivity contribution in [1.82, 2.24) is 4.90 Å². The van der Waals surface area contributed by atoms with E-state index in [0.29, 0.717) is 12.8 Å². The summed E-state index contributed by atoms with van der Waals surface area (Å²) in [5, 5.41) is 9.29. The summed E-state index contributed by atoms with van der Waals surface area (Å²) in [6.07, 6.45) is 0.706. The van der Waals surface area contributed by atoms with Crippen LogP contribution in [0.4, 0.5) is 0 Å². The summed E-state index contributed by atoms with van der Waals surface area (Å²) in [7, 11) is 0. The van der Waals surface area contributed by atoms with Crippen LogP contribution in [0.1, 0.15) is 38.2 Å². The van der Waals surface area contributed by atoms with Gasteiger partial charge < -0.3 is 0 Å². The van der Waals surface area contributed by atoms with Crippen LogP contribution in [-0.4, -0.2) is 23.3 Å². The summed E-state index contributed by atoms with van der Waals surface area (Å²) in [6.45, 7) is 3.98. The summed E-state index contributed by atoms with van der Waals surface area (Å²) >= 11 is 0. The molecule has 1 aromatic rings. The monoisotopic (exact) mass is 270 g/mol. The molecule has 1 heterocycles. The molecule has 0 radical (unpaired) electrons. The maximum absolute atomic E-state index is 12.1. The van der Waals surface area contributed by atoms with E-state index in [0.717, 1.165) is 5.56 Å². The van der Waals surface area contributed by atoms with Crippen molar-refractivity contribution in [2.75, 3.05) is 6.54 Å². The number of amides is 2. The van der Waals surface area contributed by atoms with Gasteiger partial charge in [0.1, 0.15) is 0 Å². The fourth-order valence-electron chi connectivity index (χ4n) is 2.50. The molecule has 0 spiro atoms. The van der Waals surface area contributed by atoms with Crippen LogP contribution in [0.2, 0.25) is 0 Å². The van der Waals surface area contributed by atoms with Crippen LogP contribution in [0.5, 0.6) is 0 Å². The van der Waals surface area contributed by atoms with E-state index in [9.17, 15) is 14.9 Å². The smallest absolute Gasteiger partial charge is 0.229 e. The third kappa shape index (κ3) is 3.05. The highest BCUT2D eigenvalue weighted by molar-refractivity contribution is 5.98. The molecule has 1 atom stereocenters. The van der Waals surface area contributed by atoms with Gasteiger partial charge in [0.2, 0.25) is 11.8 Å². The van der Waals surface area contributed by atoms with Crippen LogP contribution in [0.15, 0.2) is 30.3 Å². The SMILES string of the molecule is CC1(C)CC(=O)N(CC(C#N)c2ccccc2)C(=O)C1. The lowest BCUT2D eigenvalue weighted by atomic mass is 9.81. The number of benzene rings is 1. The second kappa shape index (κ2) is 5.46. The molecule has 1 aliphatic heterocycles. The number of likely N-dealkylation sites (tertiary alicyclic amines) is 1. The topological polar surface area (TPSA) is 61.2 Å². The van der Waals surface area contributed by atoms with Crippen molar-refractivity contribution >= 4 is 11.8 Å². The van der Waals surface area contributed by atoms with Gasteiger partial charge in [0.15, 0.2) is 0 Å². The lowest BCUT2D eigenvalue weighted by Crippen LogP contribution is -2.47. The van der Waals surface area contributed by atoms with Gasteiger partial charge in [0.25, 0.3) is 0 Å². The Bertz CT molecular complexity index is 538. The van der Waals surface area contributed by atoms with Crippen molar-refractivity contribution in [1.29, 1.82) is 5.26 Å². The van der Waals surface area contributed by atoms with E-state index < -0.39 is 5.92 Å². The molecular formula is C16H18N2O2. The van der Waals surface area contributed by atoms with Gasteiger partial charge in [-0.1, -0.05) is 44.2 Å². The molecule has 1 aromatic carbocycles. The normalized spacial score (nSPS) is 19.6. The van der Waals surface area contributed by atoms with Crippen molar-refractivity contribution < 1.29 is 9.59 Å². The molecule has 1 unspecified atom stereocenters. The Morgan fingerprint density at radius 1 is 1.20 bits per heavy atom. The lowest BCUT2D eigenvalue weighted by molar-refractivity contribution is -0.152. The van der Waals surface area contributed by atoms with E-state index in [4.69, 9.17) is 0 Å². The third-order valence-electron chi connectivity index (χ3n) is 3.58. The molecule has 20 heavy (non-hydrogen) atoms. The Morgan fingerprint density at radius 2 is 1.75 bits per heavy atom. The summed E-state index contributed by atoms with van der Waals surface area (Å²) in [5.41, 5.74) is 0.556. The Kier molecular flexibility index (Phi) is 3.89. The fraction of sp³-hybridized carbons (Fsp3) is 0.438. The molecule has 1 fully saturated rings. The minimum absolute atomic E-state index is 0.147. The minimum atomic E-state index is -0.467. The number of carbonyl (C=O) groups excluding carboxylic acids is 2. The Balaban J connectivity index is 2.15. The average molecular weight is 270 g/mol. The largest absolute Gasteiger partial charge is 0.281 e. The van der Waals surface area contributed by atoms with Gasteiger partial charge in [0, 0.05) is 19.4 Å². The zero-order chi connectivity index (χ0) is 14.8. The Morgan fingerprint density at radius 3 is 2.25 bits per heavy atom. The molecule has 104 valence electrons. The molecule has 0 N–H and O–H groups in total. The Labute approximate surface area is 119 Å². The highest BCUT2D eigenvalue weighted by Crippen LogP contribution is 2.32. The maximum atomic E-state index is 12.1. The van der Waals surface area contributed by atoms with Crippen LogP contribution in [0, 0.1) is 16.7 Å². The number of nitrogens with zero attached hydrogens (tertiary/aromatic N) is 2. The predicted molar refractivity (Wildman–Crippen MR) is 74.5 cm³/mol. The molecule has 0 bridgehead atoms. The van der Waals surface area contributed by atoms with E-state index in [-0.39, 0.29) is 23.8 Å². The van der Waals surface area contributed by atoms with Crippen molar-refractivity contribution in [3.63, 3.8) is 0 Å². The maximum Gasteiger partial charge on any atom is 0.229 e. The number of carbonyl (C=O) groups is 2. The van der Waals surface area contributed by atoms with Gasteiger partial charge in [-0.05, 0) is 11.0 Å². The highest BCUT2D eigenvalue weighted by atomic mass is 16.2. The van der Waals surface area contributed by atoms with E-state index in [1.54, 1.807) is 0 Å². The number of hydrogen-bond acceptors (Lipinski definition) is 3. The van der Waals surface area contributed by atoms with Crippen molar-refractivity contribution in [3.8, 4) is 6.07 Å². The van der Waals surface area contributed by atoms with Gasteiger partial charge in [-0.2, -0.15) is 5.26 Å². The van der Waals surface area contributed by atoms with Gasteiger partial charge >= 0.3 is 0 Å². The second-order valence-corrected chi connectivity index (χ2v) is 6.01. The molecule has 4 nitrogen and oxygen atoms in total. The number of piperidine rings is 1. The lowest BCUT2D eigenvalue weighted by Gasteiger charge is -2.35. The fourth-order valence-corrected chi connectivity index (χ4v) is 2.50. The van der Waals surface area contributed by atoms with E-state index in [1.807, 2.05) is 44.2 Å². The van der Waals surface area contributed by atoms with E-state index >= 15 is 0 Å². The first kappa shape index (κ1) is 14.3. The highest BCUT2D eigenvalue weighted by Gasteiger charge is 2.38. The zero-order valence-corrected chi connectivity index (χ0v) is 11.8. The summed E-state index contributed by atoms with van der Waals surface area (Å²) < 4.78 is 0. The van der Waals surface area contributed by atoms with Crippen molar-refractivity contribution in [2.45, 2.75) is 32.6 Å². The number of imide groups is 1. The number of rotatable bonds is 3. The predicted octanol–water partition coefficient (Wildman–Crippen LogP) is 2.47. The first-order valence-electron chi connectivity index (χ1n) is 6.71. The van der Waals surface area contributed by atoms with Crippen LogP contribution in [-0.2, 0) is 9.59 Å². The van der Waals surface area contributed by atoms with Gasteiger partial charge in [-0.3, -0.25) is 14.5 Å². The molecule has 1 saturated heterocycles. The second-order valence-electron chi connectivity index (χ2n) is 6.01. The molecule has 0 saturated carbocycles. The molecule has 4 heteroatoms. The Hall–Kier alpha value is -2.15. The standard InChI is InChI=1S/C16H18N2O2/c1-16(2)8-14(19)18(15(20)9-16)11-13(10-17)12-6-4-3-5-7-12/h3-7,13H,8-9,11H2,1-2H3. The number of nitriles is 1. The van der Waals surface area contributed by atoms with Crippen LogP contribution < -0.4 is 0 Å². The van der Waals surface area contributed by atoms with Crippen LogP contribution in [0.25, 0.3) is 0 Å². The average Bonchev–Trinajstić information content (AvgIpc) is 2.38. The molecule has 2 rings (SSSR count). The van der Waals surface area contributed by atoms with Crippen LogP contribution in [0.3, 0.4) is 0 Å². The van der Waals surface area contributed by atoms with Crippen molar-refractivity contribution in [2.24, 2.45) is 5.41 Å². The molecule has 2 amide bonds. The molecular weight excluding hydrogens is 252 g/mol. The molecule has 0 aliphatic carbocycles. The van der Waals surface area contributed by atoms with Gasteiger partial charge in [0.05, 0.1) is 12.0 Å².